The highest BCUT2D eigenvalue weighted by Gasteiger charge is 2.26. The Morgan fingerprint density at radius 1 is 1.23 bits per heavy atom. The summed E-state index contributed by atoms with van der Waals surface area (Å²) in [4.78, 5) is 15.0. The number of benzene rings is 1. The van der Waals surface area contributed by atoms with E-state index in [1.54, 1.807) is 0 Å². The van der Waals surface area contributed by atoms with Gasteiger partial charge in [-0.3, -0.25) is 4.79 Å². The Morgan fingerprint density at radius 2 is 1.88 bits per heavy atom. The summed E-state index contributed by atoms with van der Waals surface area (Å²) < 4.78 is 41.4. The molecule has 1 N–H and O–H groups in total. The summed E-state index contributed by atoms with van der Waals surface area (Å²) >= 11 is 1.15. The topological polar surface area (TPSA) is 96.7 Å². The Morgan fingerprint density at radius 3 is 2.50 bits per heavy atom. The lowest BCUT2D eigenvalue weighted by atomic mass is 9.83. The highest BCUT2D eigenvalue weighted by Crippen LogP contribution is 2.29. The van der Waals surface area contributed by atoms with Gasteiger partial charge >= 0.3 is 5.97 Å². The van der Waals surface area contributed by atoms with Crippen LogP contribution in [0, 0.1) is 17.7 Å². The normalized spacial score (nSPS) is 21.1. The molecule has 3 rings (SSSR count). The lowest BCUT2D eigenvalue weighted by Gasteiger charge is -2.22. The molecule has 1 aliphatic rings. The molecular formula is C17H17FN2O4S2. The van der Waals surface area contributed by atoms with Crippen molar-refractivity contribution in [2.24, 2.45) is 16.2 Å². The fourth-order valence-corrected chi connectivity index (χ4v) is 4.86. The van der Waals surface area contributed by atoms with Gasteiger partial charge in [-0.1, -0.05) is 0 Å². The Labute approximate surface area is 154 Å². The monoisotopic (exact) mass is 396 g/mol. The van der Waals surface area contributed by atoms with Gasteiger partial charge in [0.1, 0.15) is 10.8 Å². The van der Waals surface area contributed by atoms with E-state index in [4.69, 9.17) is 5.11 Å². The summed E-state index contributed by atoms with van der Waals surface area (Å²) in [5, 5.41) is 10.7. The van der Waals surface area contributed by atoms with Crippen molar-refractivity contribution < 1.29 is 22.7 Å². The van der Waals surface area contributed by atoms with Crippen LogP contribution >= 0.6 is 11.3 Å². The minimum Gasteiger partial charge on any atom is -0.481 e. The number of aromatic nitrogens is 1. The maximum absolute atomic E-state index is 13.0. The predicted octanol–water partition coefficient (Wildman–Crippen LogP) is 3.60. The van der Waals surface area contributed by atoms with Crippen molar-refractivity contribution in [3.63, 3.8) is 0 Å². The number of nitrogens with zero attached hydrogens (tertiary/aromatic N) is 2. The standard InChI is InChI=1S/C17H17FN2O4S2/c18-14-7-5-12(6-8-14)16-20-15(10-25-16)26(23,24)19-9-11-1-3-13(4-2-11)17(21)22/h5-11,13H,1-4H2,(H,21,22)/b19-9+. The molecule has 26 heavy (non-hydrogen) atoms. The van der Waals surface area contributed by atoms with Crippen molar-refractivity contribution in [2.75, 3.05) is 0 Å². The van der Waals surface area contributed by atoms with Crippen LogP contribution < -0.4 is 0 Å². The Balaban J connectivity index is 1.69. The molecule has 1 fully saturated rings. The average Bonchev–Trinajstić information content (AvgIpc) is 3.12. The van der Waals surface area contributed by atoms with Gasteiger partial charge in [-0.2, -0.15) is 12.8 Å². The molecule has 138 valence electrons. The van der Waals surface area contributed by atoms with E-state index in [2.05, 4.69) is 9.38 Å². The summed E-state index contributed by atoms with van der Waals surface area (Å²) in [5.74, 6) is -1.58. The third-order valence-corrected chi connectivity index (χ3v) is 6.55. The third kappa shape index (κ3) is 4.34. The van der Waals surface area contributed by atoms with E-state index in [0.29, 0.717) is 36.3 Å². The van der Waals surface area contributed by atoms with Gasteiger partial charge in [0.05, 0.1) is 5.92 Å². The number of hydrogen-bond acceptors (Lipinski definition) is 5. The van der Waals surface area contributed by atoms with Gasteiger partial charge in [0.2, 0.25) is 0 Å². The van der Waals surface area contributed by atoms with E-state index in [0.717, 1.165) is 11.3 Å². The summed E-state index contributed by atoms with van der Waals surface area (Å²) in [5.41, 5.74) is 0.633. The number of hydrogen-bond donors (Lipinski definition) is 1. The fourth-order valence-electron chi connectivity index (χ4n) is 2.84. The van der Waals surface area contributed by atoms with Crippen molar-refractivity contribution >= 4 is 33.5 Å². The van der Waals surface area contributed by atoms with Crippen molar-refractivity contribution in [1.29, 1.82) is 0 Å². The molecule has 1 saturated carbocycles. The molecule has 0 unspecified atom stereocenters. The summed E-state index contributed by atoms with van der Waals surface area (Å²) in [7, 11) is -3.91. The molecule has 6 nitrogen and oxygen atoms in total. The smallest absolute Gasteiger partial charge is 0.306 e. The molecule has 1 heterocycles. The Bertz CT molecular complexity index is 914. The summed E-state index contributed by atoms with van der Waals surface area (Å²) in [6.45, 7) is 0. The maximum atomic E-state index is 13.0. The van der Waals surface area contributed by atoms with Crippen LogP contribution in [0.2, 0.25) is 0 Å². The van der Waals surface area contributed by atoms with Gasteiger partial charge < -0.3 is 5.11 Å². The summed E-state index contributed by atoms with van der Waals surface area (Å²) in [6.07, 6.45) is 3.65. The molecule has 1 aromatic carbocycles. The molecule has 1 aromatic heterocycles. The number of thiazole rings is 1. The molecule has 9 heteroatoms. The minimum absolute atomic E-state index is 0.0458. The second kappa shape index (κ2) is 7.63. The highest BCUT2D eigenvalue weighted by molar-refractivity contribution is 7.90. The molecule has 0 atom stereocenters. The van der Waals surface area contributed by atoms with Gasteiger partial charge in [-0.15, -0.1) is 11.3 Å². The first kappa shape index (κ1) is 18.7. The maximum Gasteiger partial charge on any atom is 0.306 e. The van der Waals surface area contributed by atoms with E-state index < -0.39 is 16.0 Å². The van der Waals surface area contributed by atoms with E-state index in [1.165, 1.54) is 35.9 Å². The zero-order chi connectivity index (χ0) is 18.7. The molecule has 0 amide bonds. The molecule has 0 aliphatic heterocycles. The predicted molar refractivity (Wildman–Crippen MR) is 96.3 cm³/mol. The van der Waals surface area contributed by atoms with Crippen LogP contribution in [-0.4, -0.2) is 30.7 Å². The van der Waals surface area contributed by atoms with Crippen molar-refractivity contribution in [3.05, 3.63) is 35.5 Å². The van der Waals surface area contributed by atoms with Crippen LogP contribution in [0.3, 0.4) is 0 Å². The lowest BCUT2D eigenvalue weighted by molar-refractivity contribution is -0.142. The zero-order valence-electron chi connectivity index (χ0n) is 13.7. The first-order valence-electron chi connectivity index (χ1n) is 8.10. The molecule has 0 bridgehead atoms. The molecule has 2 aromatic rings. The van der Waals surface area contributed by atoms with Crippen LogP contribution in [0.15, 0.2) is 39.1 Å². The third-order valence-electron chi connectivity index (χ3n) is 4.37. The first-order chi connectivity index (χ1) is 12.3. The van der Waals surface area contributed by atoms with Gasteiger partial charge in [-0.25, -0.2) is 9.37 Å². The second-order valence-corrected chi connectivity index (χ2v) is 8.61. The second-order valence-electron chi connectivity index (χ2n) is 6.18. The van der Waals surface area contributed by atoms with Crippen LogP contribution in [0.4, 0.5) is 4.39 Å². The lowest BCUT2D eigenvalue weighted by Crippen LogP contribution is -2.22. The van der Waals surface area contributed by atoms with Gasteiger partial charge in [0, 0.05) is 17.2 Å². The number of carbonyl (C=O) groups is 1. The van der Waals surface area contributed by atoms with Crippen LogP contribution in [0.25, 0.3) is 10.6 Å². The Hall–Kier alpha value is -2.13. The number of carboxylic acid groups (broad SMARTS) is 1. The first-order valence-corrected chi connectivity index (χ1v) is 10.4. The van der Waals surface area contributed by atoms with E-state index >= 15 is 0 Å². The van der Waals surface area contributed by atoms with E-state index in [9.17, 15) is 17.6 Å². The highest BCUT2D eigenvalue weighted by atomic mass is 32.2. The molecule has 0 saturated heterocycles. The van der Waals surface area contributed by atoms with Crippen molar-refractivity contribution in [3.8, 4) is 10.6 Å². The molecular weight excluding hydrogens is 379 g/mol. The number of halogens is 1. The van der Waals surface area contributed by atoms with E-state index in [-0.39, 0.29) is 22.7 Å². The fraction of sp³-hybridized carbons (Fsp3) is 0.353. The number of aliphatic carboxylic acids is 1. The zero-order valence-corrected chi connectivity index (χ0v) is 15.3. The Kier molecular flexibility index (Phi) is 5.47. The van der Waals surface area contributed by atoms with Crippen molar-refractivity contribution in [1.82, 2.24) is 4.98 Å². The van der Waals surface area contributed by atoms with E-state index in [1.807, 2.05) is 0 Å². The minimum atomic E-state index is -3.91. The SMILES string of the molecule is O=C(O)C1CCC(/C=N/S(=O)(=O)c2csc(-c3ccc(F)cc3)n2)CC1. The number of sulfonamides is 1. The number of carboxylic acids is 1. The number of rotatable bonds is 5. The largest absolute Gasteiger partial charge is 0.481 e. The van der Waals surface area contributed by atoms with Crippen LogP contribution in [-0.2, 0) is 14.8 Å². The van der Waals surface area contributed by atoms with Crippen molar-refractivity contribution in [2.45, 2.75) is 30.7 Å². The van der Waals surface area contributed by atoms with Gasteiger partial charge in [0.15, 0.2) is 5.03 Å². The molecule has 0 spiro atoms. The molecule has 0 radical (unpaired) electrons. The average molecular weight is 396 g/mol. The summed E-state index contributed by atoms with van der Waals surface area (Å²) in [6, 6.07) is 5.65. The quantitative estimate of drug-likeness (QED) is 0.779. The van der Waals surface area contributed by atoms with Gasteiger partial charge in [0.25, 0.3) is 10.0 Å². The van der Waals surface area contributed by atoms with Gasteiger partial charge in [-0.05, 0) is 55.9 Å². The van der Waals surface area contributed by atoms with Crippen LogP contribution in [0.1, 0.15) is 25.7 Å². The van der Waals surface area contributed by atoms with Crippen LogP contribution in [0.5, 0.6) is 0 Å². The molecule has 1 aliphatic carbocycles.